The number of hydrogen-bond donors (Lipinski definition) is 1. The molecule has 2 atom stereocenters. The third kappa shape index (κ3) is 8.07. The summed E-state index contributed by atoms with van der Waals surface area (Å²) in [4.78, 5) is 0. The molecule has 1 fully saturated rings. The van der Waals surface area contributed by atoms with Crippen LogP contribution in [0.3, 0.4) is 0 Å². The largest absolute Gasteiger partial charge is 0.376 e. The van der Waals surface area contributed by atoms with Gasteiger partial charge in [-0.1, -0.05) is 116 Å². The van der Waals surface area contributed by atoms with Gasteiger partial charge in [0.15, 0.2) is 0 Å². The van der Waals surface area contributed by atoms with Crippen LogP contribution in [0.15, 0.2) is 97.1 Å². The van der Waals surface area contributed by atoms with Crippen molar-refractivity contribution in [2.45, 2.75) is 90.4 Å². The van der Waals surface area contributed by atoms with Crippen LogP contribution < -0.4 is 5.32 Å². The van der Waals surface area contributed by atoms with E-state index in [1.54, 1.807) is 0 Å². The molecule has 44 heavy (non-hydrogen) atoms. The highest BCUT2D eigenvalue weighted by atomic mass is 16.5. The molecule has 0 saturated heterocycles. The summed E-state index contributed by atoms with van der Waals surface area (Å²) in [6.07, 6.45) is 6.10. The molecule has 0 aliphatic heterocycles. The molecule has 5 rings (SSSR count). The number of nitrogens with one attached hydrogen (secondary N) is 1. The molecule has 0 aromatic heterocycles. The van der Waals surface area contributed by atoms with Gasteiger partial charge in [0.1, 0.15) is 0 Å². The normalized spacial score (nSPS) is 16.0. The second kappa shape index (κ2) is 15.7. The molecule has 0 bridgehead atoms. The Morgan fingerprint density at radius 2 is 1.05 bits per heavy atom. The zero-order chi connectivity index (χ0) is 30.8. The lowest BCUT2D eigenvalue weighted by atomic mass is 9.68. The lowest BCUT2D eigenvalue weighted by Crippen LogP contribution is -2.54. The van der Waals surface area contributed by atoms with Gasteiger partial charge in [-0.25, -0.2) is 0 Å². The Bertz CT molecular complexity index is 1400. The van der Waals surface area contributed by atoms with Crippen LogP contribution >= 0.6 is 0 Å². The van der Waals surface area contributed by atoms with Gasteiger partial charge in [0.2, 0.25) is 0 Å². The maximum Gasteiger partial charge on any atom is 0.0717 e. The molecule has 3 heteroatoms. The summed E-state index contributed by atoms with van der Waals surface area (Å²) in [5.74, 6) is 0.513. The predicted octanol–water partition coefficient (Wildman–Crippen LogP) is 9.51. The van der Waals surface area contributed by atoms with Crippen LogP contribution in [0, 0.1) is 27.7 Å². The number of aryl methyl sites for hydroxylation is 4. The van der Waals surface area contributed by atoms with Crippen molar-refractivity contribution in [1.82, 2.24) is 5.32 Å². The summed E-state index contributed by atoms with van der Waals surface area (Å²) in [5.41, 5.74) is 10.7. The zero-order valence-corrected chi connectivity index (χ0v) is 27.3. The molecular formula is C41H51NO2. The molecule has 1 aliphatic rings. The summed E-state index contributed by atoms with van der Waals surface area (Å²) >= 11 is 0. The van der Waals surface area contributed by atoms with Crippen LogP contribution in [-0.4, -0.2) is 25.3 Å². The van der Waals surface area contributed by atoms with E-state index >= 15 is 0 Å². The summed E-state index contributed by atoms with van der Waals surface area (Å²) in [6, 6.07) is 34.5. The SMILES string of the molecule is Cc1cccc(C)c1C(CNC1(C(COCc2ccccc2)c2c(C)cccc2C)CCCCC1)COCc1ccccc1. The van der Waals surface area contributed by atoms with E-state index in [1.807, 2.05) is 0 Å². The minimum Gasteiger partial charge on any atom is -0.376 e. The van der Waals surface area contributed by atoms with Crippen molar-refractivity contribution < 1.29 is 9.47 Å². The van der Waals surface area contributed by atoms with Crippen molar-refractivity contribution in [3.05, 3.63) is 142 Å². The molecule has 1 aliphatic carbocycles. The first-order valence-corrected chi connectivity index (χ1v) is 16.6. The highest BCUT2D eigenvalue weighted by Gasteiger charge is 2.42. The van der Waals surface area contributed by atoms with Gasteiger partial charge in [0.05, 0.1) is 26.4 Å². The second-order valence-electron chi connectivity index (χ2n) is 13.0. The van der Waals surface area contributed by atoms with E-state index in [1.165, 1.54) is 63.8 Å². The quantitative estimate of drug-likeness (QED) is 0.159. The minimum atomic E-state index is -0.0416. The van der Waals surface area contributed by atoms with Crippen LogP contribution in [-0.2, 0) is 22.7 Å². The highest BCUT2D eigenvalue weighted by Crippen LogP contribution is 2.43. The fraction of sp³-hybridized carbons (Fsp3) is 0.415. The number of hydrogen-bond acceptors (Lipinski definition) is 3. The van der Waals surface area contributed by atoms with Crippen molar-refractivity contribution in [1.29, 1.82) is 0 Å². The Kier molecular flexibility index (Phi) is 11.4. The lowest BCUT2D eigenvalue weighted by Gasteiger charge is -2.46. The average Bonchev–Trinajstić information content (AvgIpc) is 3.04. The Morgan fingerprint density at radius 3 is 1.57 bits per heavy atom. The average molecular weight is 590 g/mol. The Hall–Kier alpha value is -3.24. The first kappa shape index (κ1) is 32.2. The van der Waals surface area contributed by atoms with Gasteiger partial charge in [-0.3, -0.25) is 0 Å². The number of rotatable bonds is 14. The van der Waals surface area contributed by atoms with Crippen LogP contribution in [0.5, 0.6) is 0 Å². The van der Waals surface area contributed by atoms with Crippen LogP contribution in [0.25, 0.3) is 0 Å². The Balaban J connectivity index is 1.43. The summed E-state index contributed by atoms with van der Waals surface area (Å²) < 4.78 is 13.1. The summed E-state index contributed by atoms with van der Waals surface area (Å²) in [7, 11) is 0. The van der Waals surface area contributed by atoms with Gasteiger partial charge in [-0.05, 0) is 85.0 Å². The second-order valence-corrected chi connectivity index (χ2v) is 13.0. The van der Waals surface area contributed by atoms with Crippen LogP contribution in [0.2, 0.25) is 0 Å². The lowest BCUT2D eigenvalue weighted by molar-refractivity contribution is 0.0570. The summed E-state index contributed by atoms with van der Waals surface area (Å²) in [6.45, 7) is 12.6. The van der Waals surface area contributed by atoms with Gasteiger partial charge in [-0.2, -0.15) is 0 Å². The topological polar surface area (TPSA) is 30.5 Å². The van der Waals surface area contributed by atoms with Crippen molar-refractivity contribution in [3.63, 3.8) is 0 Å². The molecular weight excluding hydrogens is 538 g/mol. The zero-order valence-electron chi connectivity index (χ0n) is 27.3. The molecule has 3 nitrogen and oxygen atoms in total. The van der Waals surface area contributed by atoms with Crippen LogP contribution in [0.1, 0.15) is 88.4 Å². The molecule has 2 unspecified atom stereocenters. The third-order valence-electron chi connectivity index (χ3n) is 9.78. The highest BCUT2D eigenvalue weighted by molar-refractivity contribution is 5.40. The standard InChI is InChI=1S/C41H51NO2/c1-31-16-14-17-32(2)39(31)37(29-43-27-35-20-8-5-9-21-35)26-42-41(24-12-7-13-25-41)38(40-33(3)18-15-19-34(40)4)30-44-28-36-22-10-6-11-23-36/h5-6,8-11,14-23,37-38,42H,7,12-13,24-30H2,1-4H3. The summed E-state index contributed by atoms with van der Waals surface area (Å²) in [5, 5.41) is 4.28. The van der Waals surface area contributed by atoms with Crippen LogP contribution in [0.4, 0.5) is 0 Å². The van der Waals surface area contributed by atoms with Gasteiger partial charge in [-0.15, -0.1) is 0 Å². The van der Waals surface area contributed by atoms with E-state index in [4.69, 9.17) is 9.47 Å². The van der Waals surface area contributed by atoms with Crippen molar-refractivity contribution in [2.75, 3.05) is 19.8 Å². The molecule has 0 spiro atoms. The fourth-order valence-electron chi connectivity index (χ4n) is 7.53. The van der Waals surface area contributed by atoms with Gasteiger partial charge >= 0.3 is 0 Å². The molecule has 0 heterocycles. The van der Waals surface area contributed by atoms with Crippen molar-refractivity contribution in [3.8, 4) is 0 Å². The van der Waals surface area contributed by atoms with E-state index in [-0.39, 0.29) is 17.4 Å². The molecule has 4 aromatic carbocycles. The molecule has 232 valence electrons. The monoisotopic (exact) mass is 589 g/mol. The smallest absolute Gasteiger partial charge is 0.0717 e. The maximum atomic E-state index is 6.60. The van der Waals surface area contributed by atoms with E-state index in [0.717, 1.165) is 19.4 Å². The first-order valence-electron chi connectivity index (χ1n) is 16.6. The van der Waals surface area contributed by atoms with Gasteiger partial charge in [0, 0.05) is 23.9 Å². The van der Waals surface area contributed by atoms with E-state index in [9.17, 15) is 0 Å². The van der Waals surface area contributed by atoms with Crippen molar-refractivity contribution >= 4 is 0 Å². The Labute approximate surface area is 266 Å². The number of benzene rings is 4. The Morgan fingerprint density at radius 1 is 0.568 bits per heavy atom. The van der Waals surface area contributed by atoms with Crippen molar-refractivity contribution in [2.24, 2.45) is 0 Å². The fourth-order valence-corrected chi connectivity index (χ4v) is 7.53. The number of ether oxygens (including phenoxy) is 2. The minimum absolute atomic E-state index is 0.0416. The first-order chi connectivity index (χ1) is 21.5. The van der Waals surface area contributed by atoms with E-state index in [2.05, 4.69) is 130 Å². The molecule has 4 aromatic rings. The van der Waals surface area contributed by atoms with E-state index < -0.39 is 0 Å². The van der Waals surface area contributed by atoms with Gasteiger partial charge < -0.3 is 14.8 Å². The van der Waals surface area contributed by atoms with E-state index in [0.29, 0.717) is 26.4 Å². The molecule has 0 amide bonds. The maximum absolute atomic E-state index is 6.60. The molecule has 0 radical (unpaired) electrons. The molecule has 1 saturated carbocycles. The predicted molar refractivity (Wildman–Crippen MR) is 183 cm³/mol. The molecule has 1 N–H and O–H groups in total. The van der Waals surface area contributed by atoms with Gasteiger partial charge in [0.25, 0.3) is 0 Å². The third-order valence-corrected chi connectivity index (χ3v) is 9.78.